The minimum absolute atomic E-state index is 1.02. The van der Waals surface area contributed by atoms with Crippen LogP contribution < -0.4 is 0 Å². The second-order valence-electron chi connectivity index (χ2n) is 3.71. The molecular formula is C13H10N2S2. The van der Waals surface area contributed by atoms with E-state index in [1.54, 1.807) is 22.7 Å². The van der Waals surface area contributed by atoms with Crippen LogP contribution >= 0.6 is 22.7 Å². The van der Waals surface area contributed by atoms with Crippen molar-refractivity contribution in [2.75, 3.05) is 0 Å². The van der Waals surface area contributed by atoms with Gasteiger partial charge in [-0.05, 0) is 30.0 Å². The van der Waals surface area contributed by atoms with Crippen LogP contribution in [0.5, 0.6) is 0 Å². The van der Waals surface area contributed by atoms with Crippen LogP contribution in [0.4, 0.5) is 0 Å². The number of hydrogen-bond acceptors (Lipinski definition) is 4. The van der Waals surface area contributed by atoms with Crippen LogP contribution in [0, 0.1) is 6.92 Å². The van der Waals surface area contributed by atoms with Crippen LogP contribution in [-0.2, 0) is 0 Å². The second kappa shape index (κ2) is 4.39. The number of pyridine rings is 1. The molecule has 0 aliphatic carbocycles. The Bertz CT molecular complexity index is 626. The Kier molecular flexibility index (Phi) is 2.74. The van der Waals surface area contributed by atoms with E-state index in [0.29, 0.717) is 0 Å². The molecule has 3 heterocycles. The molecule has 3 aromatic heterocycles. The molecule has 0 aromatic carbocycles. The molecule has 0 aliphatic heterocycles. The molecule has 0 saturated carbocycles. The van der Waals surface area contributed by atoms with Crippen LogP contribution in [-0.4, -0.2) is 9.97 Å². The minimum Gasteiger partial charge on any atom is -0.264 e. The smallest absolute Gasteiger partial charge is 0.134 e. The highest BCUT2D eigenvalue weighted by molar-refractivity contribution is 7.20. The molecule has 2 nitrogen and oxygen atoms in total. The molecule has 0 aliphatic rings. The fourth-order valence-corrected chi connectivity index (χ4v) is 3.28. The van der Waals surface area contributed by atoms with Crippen LogP contribution in [0.1, 0.15) is 5.56 Å². The number of rotatable bonds is 2. The molecule has 0 spiro atoms. The van der Waals surface area contributed by atoms with Gasteiger partial charge in [0.15, 0.2) is 0 Å². The van der Waals surface area contributed by atoms with E-state index in [2.05, 4.69) is 39.8 Å². The van der Waals surface area contributed by atoms with Crippen molar-refractivity contribution in [1.82, 2.24) is 9.97 Å². The molecule has 3 aromatic rings. The monoisotopic (exact) mass is 258 g/mol. The predicted molar refractivity (Wildman–Crippen MR) is 73.4 cm³/mol. The number of thiazole rings is 1. The Morgan fingerprint density at radius 1 is 1.18 bits per heavy atom. The van der Waals surface area contributed by atoms with Gasteiger partial charge in [0.25, 0.3) is 0 Å². The van der Waals surface area contributed by atoms with Crippen molar-refractivity contribution in [3.8, 4) is 21.1 Å². The van der Waals surface area contributed by atoms with Gasteiger partial charge in [-0.15, -0.1) is 22.7 Å². The Labute approximate surface area is 108 Å². The van der Waals surface area contributed by atoms with Crippen molar-refractivity contribution in [3.63, 3.8) is 0 Å². The lowest BCUT2D eigenvalue weighted by atomic mass is 10.1. The van der Waals surface area contributed by atoms with Gasteiger partial charge in [0.05, 0.1) is 10.6 Å². The number of hydrogen-bond donors (Lipinski definition) is 0. The van der Waals surface area contributed by atoms with Gasteiger partial charge in [0, 0.05) is 23.3 Å². The summed E-state index contributed by atoms with van der Waals surface area (Å²) in [6.45, 7) is 2.08. The SMILES string of the molecule is Cc1ccncc1-c1csc(-c2cccs2)n1. The molecule has 0 unspecified atom stereocenters. The topological polar surface area (TPSA) is 25.8 Å². The van der Waals surface area contributed by atoms with E-state index >= 15 is 0 Å². The number of thiophene rings is 1. The third kappa shape index (κ3) is 2.01. The van der Waals surface area contributed by atoms with Gasteiger partial charge in [-0.1, -0.05) is 6.07 Å². The summed E-state index contributed by atoms with van der Waals surface area (Å²) in [5.41, 5.74) is 3.35. The molecule has 0 atom stereocenters. The molecule has 0 bridgehead atoms. The second-order valence-corrected chi connectivity index (χ2v) is 5.51. The van der Waals surface area contributed by atoms with Crippen molar-refractivity contribution in [3.05, 3.63) is 46.9 Å². The zero-order valence-electron chi connectivity index (χ0n) is 9.25. The molecular weight excluding hydrogens is 248 g/mol. The maximum atomic E-state index is 4.67. The Hall–Kier alpha value is -1.52. The summed E-state index contributed by atoms with van der Waals surface area (Å²) in [4.78, 5) is 10.1. The van der Waals surface area contributed by atoms with Gasteiger partial charge in [-0.2, -0.15) is 0 Å². The van der Waals surface area contributed by atoms with E-state index in [-0.39, 0.29) is 0 Å². The number of aryl methyl sites for hydroxylation is 1. The van der Waals surface area contributed by atoms with E-state index in [4.69, 9.17) is 0 Å². The first-order valence-corrected chi connectivity index (χ1v) is 7.01. The average molecular weight is 258 g/mol. The zero-order valence-corrected chi connectivity index (χ0v) is 10.9. The van der Waals surface area contributed by atoms with Crippen LogP contribution in [0.2, 0.25) is 0 Å². The van der Waals surface area contributed by atoms with Crippen LogP contribution in [0.25, 0.3) is 21.1 Å². The Morgan fingerprint density at radius 2 is 2.12 bits per heavy atom. The average Bonchev–Trinajstić information content (AvgIpc) is 3.00. The highest BCUT2D eigenvalue weighted by Gasteiger charge is 2.08. The van der Waals surface area contributed by atoms with Crippen LogP contribution in [0.15, 0.2) is 41.4 Å². The maximum absolute atomic E-state index is 4.67. The van der Waals surface area contributed by atoms with Gasteiger partial charge in [0.2, 0.25) is 0 Å². The molecule has 4 heteroatoms. The Morgan fingerprint density at radius 3 is 2.88 bits per heavy atom. The number of nitrogens with zero attached hydrogens (tertiary/aromatic N) is 2. The van der Waals surface area contributed by atoms with Crippen molar-refractivity contribution >= 4 is 22.7 Å². The summed E-state index contributed by atoms with van der Waals surface area (Å²) in [5, 5.41) is 5.25. The van der Waals surface area contributed by atoms with Crippen LogP contribution in [0.3, 0.4) is 0 Å². The Balaban J connectivity index is 2.04. The zero-order chi connectivity index (χ0) is 11.7. The lowest BCUT2D eigenvalue weighted by Crippen LogP contribution is -1.84. The van der Waals surface area contributed by atoms with E-state index in [0.717, 1.165) is 16.3 Å². The molecule has 17 heavy (non-hydrogen) atoms. The molecule has 0 N–H and O–H groups in total. The van der Waals surface area contributed by atoms with Gasteiger partial charge in [0.1, 0.15) is 5.01 Å². The molecule has 0 fully saturated rings. The standard InChI is InChI=1S/C13H10N2S2/c1-9-4-5-14-7-10(9)11-8-17-13(15-11)12-3-2-6-16-12/h2-8H,1H3. The van der Waals surface area contributed by atoms with Gasteiger partial charge >= 0.3 is 0 Å². The summed E-state index contributed by atoms with van der Waals surface area (Å²) in [7, 11) is 0. The highest BCUT2D eigenvalue weighted by atomic mass is 32.1. The molecule has 3 rings (SSSR count). The number of aromatic nitrogens is 2. The van der Waals surface area contributed by atoms with Gasteiger partial charge in [-0.25, -0.2) is 4.98 Å². The van der Waals surface area contributed by atoms with Crippen molar-refractivity contribution in [2.24, 2.45) is 0 Å². The third-order valence-electron chi connectivity index (χ3n) is 2.55. The lowest BCUT2D eigenvalue weighted by Gasteiger charge is -1.99. The van der Waals surface area contributed by atoms with Gasteiger partial charge < -0.3 is 0 Å². The van der Waals surface area contributed by atoms with E-state index in [1.807, 2.05) is 18.5 Å². The van der Waals surface area contributed by atoms with E-state index in [9.17, 15) is 0 Å². The molecule has 0 amide bonds. The van der Waals surface area contributed by atoms with Crippen molar-refractivity contribution in [1.29, 1.82) is 0 Å². The molecule has 0 saturated heterocycles. The first kappa shape index (κ1) is 10.6. The fourth-order valence-electron chi connectivity index (χ4n) is 1.64. The van der Waals surface area contributed by atoms with E-state index in [1.165, 1.54) is 10.4 Å². The summed E-state index contributed by atoms with van der Waals surface area (Å²) in [5.74, 6) is 0. The maximum Gasteiger partial charge on any atom is 0.134 e. The lowest BCUT2D eigenvalue weighted by molar-refractivity contribution is 1.27. The summed E-state index contributed by atoms with van der Waals surface area (Å²) < 4.78 is 0. The van der Waals surface area contributed by atoms with Crippen molar-refractivity contribution in [2.45, 2.75) is 6.92 Å². The minimum atomic E-state index is 1.02. The first-order valence-electron chi connectivity index (χ1n) is 5.25. The summed E-state index contributed by atoms with van der Waals surface area (Å²) in [6.07, 6.45) is 3.69. The first-order chi connectivity index (χ1) is 8.34. The quantitative estimate of drug-likeness (QED) is 0.687. The normalized spacial score (nSPS) is 10.6. The van der Waals surface area contributed by atoms with Crippen molar-refractivity contribution < 1.29 is 0 Å². The molecule has 0 radical (unpaired) electrons. The predicted octanol–water partition coefficient (Wildman–Crippen LogP) is 4.24. The van der Waals surface area contributed by atoms with E-state index < -0.39 is 0 Å². The summed E-state index contributed by atoms with van der Waals surface area (Å²) >= 11 is 3.40. The highest BCUT2D eigenvalue weighted by Crippen LogP contribution is 2.32. The largest absolute Gasteiger partial charge is 0.264 e. The fraction of sp³-hybridized carbons (Fsp3) is 0.0769. The third-order valence-corrected chi connectivity index (χ3v) is 4.43. The molecule has 84 valence electrons. The summed E-state index contributed by atoms with van der Waals surface area (Å²) in [6, 6.07) is 6.17. The van der Waals surface area contributed by atoms with Gasteiger partial charge in [-0.3, -0.25) is 4.98 Å².